The monoisotopic (exact) mass is 311 g/mol. The molecule has 0 aliphatic rings. The summed E-state index contributed by atoms with van der Waals surface area (Å²) in [4.78, 5) is 11.5. The fourth-order valence-corrected chi connectivity index (χ4v) is 2.11. The van der Waals surface area contributed by atoms with Gasteiger partial charge < -0.3 is 10.1 Å². The normalized spacial score (nSPS) is 11.0. The van der Waals surface area contributed by atoms with Crippen molar-refractivity contribution < 1.29 is 17.9 Å². The Bertz CT molecular complexity index is 635. The summed E-state index contributed by atoms with van der Waals surface area (Å²) >= 11 is 0. The van der Waals surface area contributed by atoms with Gasteiger partial charge in [-0.25, -0.2) is 12.7 Å². The van der Waals surface area contributed by atoms with Crippen LogP contribution >= 0.6 is 0 Å². The minimum absolute atomic E-state index is 0.00258. The molecule has 8 heteroatoms. The maximum Gasteiger partial charge on any atom is 0.257 e. The predicted molar refractivity (Wildman–Crippen MR) is 77.1 cm³/mol. The largest absolute Gasteiger partial charge is 0.482 e. The molecule has 0 aliphatic heterocycles. The highest BCUT2D eigenvalue weighted by molar-refractivity contribution is 7.89. The van der Waals surface area contributed by atoms with Crippen LogP contribution in [0.2, 0.25) is 0 Å². The van der Waals surface area contributed by atoms with Crippen LogP contribution in [0.25, 0.3) is 0 Å². The van der Waals surface area contributed by atoms with Crippen LogP contribution in [-0.4, -0.2) is 51.6 Å². The summed E-state index contributed by atoms with van der Waals surface area (Å²) in [5.74, 6) is -0.312. The van der Waals surface area contributed by atoms with Crippen LogP contribution in [0, 0.1) is 11.3 Å². The molecular formula is C13H17N3O4S. The summed E-state index contributed by atoms with van der Waals surface area (Å²) in [6, 6.07) is 8.50. The van der Waals surface area contributed by atoms with E-state index in [1.807, 2.05) is 6.07 Å². The van der Waals surface area contributed by atoms with E-state index in [-0.39, 0.29) is 18.9 Å². The summed E-state index contributed by atoms with van der Waals surface area (Å²) < 4.78 is 29.3. The molecule has 0 heterocycles. The van der Waals surface area contributed by atoms with E-state index >= 15 is 0 Å². The first kappa shape index (κ1) is 16.9. The lowest BCUT2D eigenvalue weighted by Crippen LogP contribution is -2.36. The third kappa shape index (κ3) is 5.41. The molecule has 0 fully saturated rings. The molecule has 0 bridgehead atoms. The zero-order chi connectivity index (χ0) is 15.9. The lowest BCUT2D eigenvalue weighted by Gasteiger charge is -2.12. The first-order chi connectivity index (χ1) is 9.86. The van der Waals surface area contributed by atoms with Gasteiger partial charge in [-0.2, -0.15) is 5.26 Å². The van der Waals surface area contributed by atoms with Gasteiger partial charge in [0, 0.05) is 20.6 Å². The van der Waals surface area contributed by atoms with Crippen molar-refractivity contribution in [3.8, 4) is 11.8 Å². The first-order valence-corrected chi connectivity index (χ1v) is 7.76. The van der Waals surface area contributed by atoms with E-state index in [0.29, 0.717) is 11.3 Å². The van der Waals surface area contributed by atoms with Gasteiger partial charge in [-0.1, -0.05) is 12.1 Å². The lowest BCUT2D eigenvalue weighted by molar-refractivity contribution is -0.122. The van der Waals surface area contributed by atoms with Crippen molar-refractivity contribution in [2.24, 2.45) is 0 Å². The smallest absolute Gasteiger partial charge is 0.257 e. The molecule has 1 amide bonds. The van der Waals surface area contributed by atoms with Gasteiger partial charge in [0.15, 0.2) is 6.61 Å². The number of para-hydroxylation sites is 1. The second-order valence-electron chi connectivity index (χ2n) is 4.34. The van der Waals surface area contributed by atoms with Crippen molar-refractivity contribution in [3.05, 3.63) is 29.8 Å². The van der Waals surface area contributed by atoms with E-state index in [1.54, 1.807) is 24.3 Å². The topological polar surface area (TPSA) is 99.5 Å². The average molecular weight is 311 g/mol. The van der Waals surface area contributed by atoms with Crippen LogP contribution in [0.5, 0.6) is 5.75 Å². The third-order valence-corrected chi connectivity index (χ3v) is 4.44. The van der Waals surface area contributed by atoms with Crippen LogP contribution in [-0.2, 0) is 14.8 Å². The Morgan fingerprint density at radius 3 is 2.67 bits per heavy atom. The van der Waals surface area contributed by atoms with Crippen LogP contribution in [0.15, 0.2) is 24.3 Å². The average Bonchev–Trinajstić information content (AvgIpc) is 2.45. The highest BCUT2D eigenvalue weighted by Crippen LogP contribution is 2.15. The van der Waals surface area contributed by atoms with Crippen molar-refractivity contribution in [3.63, 3.8) is 0 Å². The summed E-state index contributed by atoms with van der Waals surface area (Å²) in [7, 11) is -0.478. The number of hydrogen-bond acceptors (Lipinski definition) is 5. The van der Waals surface area contributed by atoms with Gasteiger partial charge in [0.2, 0.25) is 10.0 Å². The van der Waals surface area contributed by atoms with Gasteiger partial charge in [0.1, 0.15) is 11.8 Å². The molecule has 0 spiro atoms. The molecule has 1 aromatic rings. The van der Waals surface area contributed by atoms with Crippen LogP contribution in [0.1, 0.15) is 5.56 Å². The SMILES string of the molecule is CN(C)S(=O)(=O)CCNC(=O)COc1ccccc1C#N. The Balaban J connectivity index is 2.41. The number of nitrogens with zero attached hydrogens (tertiary/aromatic N) is 2. The molecule has 0 saturated carbocycles. The minimum Gasteiger partial charge on any atom is -0.482 e. The van der Waals surface area contributed by atoms with Crippen molar-refractivity contribution in [2.45, 2.75) is 0 Å². The van der Waals surface area contributed by atoms with Gasteiger partial charge in [0.25, 0.3) is 5.91 Å². The fraction of sp³-hybridized carbons (Fsp3) is 0.385. The minimum atomic E-state index is -3.34. The summed E-state index contributed by atoms with van der Waals surface area (Å²) in [5, 5.41) is 11.3. The number of ether oxygens (including phenoxy) is 1. The van der Waals surface area contributed by atoms with E-state index in [4.69, 9.17) is 10.00 Å². The molecular weight excluding hydrogens is 294 g/mol. The van der Waals surface area contributed by atoms with Crippen LogP contribution in [0.3, 0.4) is 0 Å². The van der Waals surface area contributed by atoms with E-state index in [1.165, 1.54) is 14.1 Å². The number of benzene rings is 1. The zero-order valence-electron chi connectivity index (χ0n) is 11.9. The van der Waals surface area contributed by atoms with Gasteiger partial charge in [-0.3, -0.25) is 4.79 Å². The first-order valence-electron chi connectivity index (χ1n) is 6.15. The number of nitrogens with one attached hydrogen (secondary N) is 1. The van der Waals surface area contributed by atoms with Crippen LogP contribution in [0.4, 0.5) is 0 Å². The maximum atomic E-state index is 11.5. The number of nitriles is 1. The van der Waals surface area contributed by atoms with Gasteiger partial charge >= 0.3 is 0 Å². The van der Waals surface area contributed by atoms with E-state index in [0.717, 1.165) is 4.31 Å². The molecule has 0 unspecified atom stereocenters. The zero-order valence-corrected chi connectivity index (χ0v) is 12.7. The summed E-state index contributed by atoms with van der Waals surface area (Å²) in [5.41, 5.74) is 0.334. The predicted octanol–water partition coefficient (Wildman–Crippen LogP) is -0.0553. The van der Waals surface area contributed by atoms with E-state index in [2.05, 4.69) is 5.32 Å². The number of amides is 1. The lowest BCUT2D eigenvalue weighted by atomic mass is 10.2. The number of sulfonamides is 1. The molecule has 0 aliphatic carbocycles. The molecule has 0 radical (unpaired) electrons. The third-order valence-electron chi connectivity index (χ3n) is 2.60. The number of carbonyl (C=O) groups excluding carboxylic acids is 1. The molecule has 0 aromatic heterocycles. The molecule has 1 N–H and O–H groups in total. The van der Waals surface area contributed by atoms with Crippen LogP contribution < -0.4 is 10.1 Å². The van der Waals surface area contributed by atoms with Gasteiger partial charge in [-0.15, -0.1) is 0 Å². The Morgan fingerprint density at radius 1 is 1.38 bits per heavy atom. The molecule has 0 saturated heterocycles. The quantitative estimate of drug-likeness (QED) is 0.761. The molecule has 114 valence electrons. The van der Waals surface area contributed by atoms with Gasteiger partial charge in [0.05, 0.1) is 11.3 Å². The summed E-state index contributed by atoms with van der Waals surface area (Å²) in [6.45, 7) is -0.274. The van der Waals surface area contributed by atoms with E-state index < -0.39 is 15.9 Å². The number of rotatable bonds is 7. The van der Waals surface area contributed by atoms with E-state index in [9.17, 15) is 13.2 Å². The molecule has 21 heavy (non-hydrogen) atoms. The second-order valence-corrected chi connectivity index (χ2v) is 6.65. The molecule has 0 atom stereocenters. The second kappa shape index (κ2) is 7.61. The number of carbonyl (C=O) groups is 1. The molecule has 1 aromatic carbocycles. The summed E-state index contributed by atoms with van der Waals surface area (Å²) in [6.07, 6.45) is 0. The van der Waals surface area contributed by atoms with Crippen molar-refractivity contribution in [1.82, 2.24) is 9.62 Å². The fourth-order valence-electron chi connectivity index (χ4n) is 1.38. The highest BCUT2D eigenvalue weighted by atomic mass is 32.2. The molecule has 7 nitrogen and oxygen atoms in total. The number of hydrogen-bond donors (Lipinski definition) is 1. The molecule has 1 rings (SSSR count). The highest BCUT2D eigenvalue weighted by Gasteiger charge is 2.13. The van der Waals surface area contributed by atoms with Crippen molar-refractivity contribution in [2.75, 3.05) is 33.0 Å². The Morgan fingerprint density at radius 2 is 2.05 bits per heavy atom. The standard InChI is InChI=1S/C13H17N3O4S/c1-16(2)21(18,19)8-7-15-13(17)10-20-12-6-4-3-5-11(12)9-14/h3-6H,7-8,10H2,1-2H3,(H,15,17). The Kier molecular flexibility index (Phi) is 6.14. The van der Waals surface area contributed by atoms with Crippen molar-refractivity contribution >= 4 is 15.9 Å². The Hall–Kier alpha value is -2.11. The maximum absolute atomic E-state index is 11.5. The Labute approximate surface area is 124 Å². The van der Waals surface area contributed by atoms with Gasteiger partial charge in [-0.05, 0) is 12.1 Å². The van der Waals surface area contributed by atoms with Crippen molar-refractivity contribution in [1.29, 1.82) is 5.26 Å².